The van der Waals surface area contributed by atoms with Crippen molar-refractivity contribution in [2.45, 2.75) is 45.7 Å². The first kappa shape index (κ1) is 23.8. The minimum Gasteiger partial charge on any atom is -0.357 e. The van der Waals surface area contributed by atoms with Gasteiger partial charge in [-0.3, -0.25) is 9.89 Å². The number of piperidine rings is 1. The number of aromatic nitrogens is 1. The highest BCUT2D eigenvalue weighted by atomic mass is 127. The topological polar surface area (TPSA) is 86.7 Å². The van der Waals surface area contributed by atoms with Crippen LogP contribution < -0.4 is 10.6 Å². The Bertz CT molecular complexity index is 745. The fraction of sp³-hybridized carbons (Fsp3) is 0.778. The molecule has 0 aliphatic carbocycles. The van der Waals surface area contributed by atoms with Crippen molar-refractivity contribution in [3.63, 3.8) is 0 Å². The van der Waals surface area contributed by atoms with Crippen molar-refractivity contribution in [1.82, 2.24) is 20.5 Å². The highest BCUT2D eigenvalue weighted by Gasteiger charge is 2.28. The van der Waals surface area contributed by atoms with Crippen LogP contribution in [-0.2, 0) is 16.4 Å². The number of rotatable bonds is 6. The molecule has 3 heterocycles. The lowest BCUT2D eigenvalue weighted by Gasteiger charge is -2.30. The number of hydrogen-bond acceptors (Lipinski definition) is 6. The van der Waals surface area contributed by atoms with Crippen LogP contribution in [0.1, 0.15) is 36.9 Å². The van der Waals surface area contributed by atoms with E-state index in [9.17, 15) is 8.42 Å². The van der Waals surface area contributed by atoms with Gasteiger partial charge in [0.25, 0.3) is 0 Å². The summed E-state index contributed by atoms with van der Waals surface area (Å²) in [4.78, 5) is 11.8. The van der Waals surface area contributed by atoms with Crippen molar-refractivity contribution in [3.8, 4) is 0 Å². The molecule has 2 aliphatic heterocycles. The van der Waals surface area contributed by atoms with Gasteiger partial charge in [-0.1, -0.05) is 0 Å². The molecular formula is C18H32IN5O2S2. The van der Waals surface area contributed by atoms with Gasteiger partial charge < -0.3 is 10.6 Å². The molecule has 7 nitrogen and oxygen atoms in total. The van der Waals surface area contributed by atoms with Crippen molar-refractivity contribution in [3.05, 3.63) is 16.1 Å². The average Bonchev–Trinajstić information content (AvgIpc) is 3.19. The molecule has 160 valence electrons. The van der Waals surface area contributed by atoms with Crippen molar-refractivity contribution in [1.29, 1.82) is 0 Å². The SMILES string of the molecule is CCNC(=NCC1CCN(Cc2csc(C)n2)CC1)NC1CCS(=O)(=O)C1.I. The Morgan fingerprint density at radius 1 is 1.36 bits per heavy atom. The van der Waals surface area contributed by atoms with E-state index in [1.165, 1.54) is 5.69 Å². The minimum atomic E-state index is -2.88. The van der Waals surface area contributed by atoms with Crippen LogP contribution in [-0.4, -0.2) is 68.0 Å². The van der Waals surface area contributed by atoms with E-state index in [2.05, 4.69) is 32.8 Å². The maximum Gasteiger partial charge on any atom is 0.191 e. The normalized spacial score (nSPS) is 23.4. The molecule has 1 unspecified atom stereocenters. The quantitative estimate of drug-likeness (QED) is 0.326. The van der Waals surface area contributed by atoms with E-state index in [0.717, 1.165) is 56.5 Å². The van der Waals surface area contributed by atoms with E-state index >= 15 is 0 Å². The van der Waals surface area contributed by atoms with Gasteiger partial charge in [-0.15, -0.1) is 35.3 Å². The first-order chi connectivity index (χ1) is 12.9. The first-order valence-corrected chi connectivity index (χ1v) is 12.5. The molecule has 0 saturated carbocycles. The number of aliphatic imine (C=N–C) groups is 1. The molecule has 1 aromatic rings. The molecule has 2 N–H and O–H groups in total. The third kappa shape index (κ3) is 7.42. The summed E-state index contributed by atoms with van der Waals surface area (Å²) in [6.45, 7) is 8.76. The Balaban J connectivity index is 0.00000280. The summed E-state index contributed by atoms with van der Waals surface area (Å²) in [5.74, 6) is 1.83. The molecule has 28 heavy (non-hydrogen) atoms. The lowest BCUT2D eigenvalue weighted by molar-refractivity contribution is 0.179. The summed E-state index contributed by atoms with van der Waals surface area (Å²) in [6.07, 6.45) is 2.95. The zero-order valence-electron chi connectivity index (χ0n) is 16.7. The molecule has 2 aliphatic rings. The Hall–Kier alpha value is -0.460. The maximum absolute atomic E-state index is 11.6. The summed E-state index contributed by atoms with van der Waals surface area (Å²) in [5, 5.41) is 9.83. The highest BCUT2D eigenvalue weighted by molar-refractivity contribution is 14.0. The van der Waals surface area contributed by atoms with Crippen molar-refractivity contribution < 1.29 is 8.42 Å². The third-order valence-electron chi connectivity index (χ3n) is 5.18. The number of thiazole rings is 1. The van der Waals surface area contributed by atoms with Gasteiger partial charge in [-0.2, -0.15) is 0 Å². The molecule has 0 radical (unpaired) electrons. The number of halogens is 1. The lowest BCUT2D eigenvalue weighted by atomic mass is 9.97. The van der Waals surface area contributed by atoms with Gasteiger partial charge in [-0.05, 0) is 52.1 Å². The molecular weight excluding hydrogens is 509 g/mol. The molecule has 0 spiro atoms. The molecule has 0 aromatic carbocycles. The largest absolute Gasteiger partial charge is 0.357 e. The number of aryl methyl sites for hydroxylation is 1. The second kappa shape index (κ2) is 11.1. The van der Waals surface area contributed by atoms with Crippen LogP contribution in [0.2, 0.25) is 0 Å². The Labute approximate surface area is 189 Å². The van der Waals surface area contributed by atoms with E-state index in [0.29, 0.717) is 12.3 Å². The van der Waals surface area contributed by atoms with Gasteiger partial charge in [0.15, 0.2) is 15.8 Å². The number of guanidine groups is 1. The number of hydrogen-bond donors (Lipinski definition) is 2. The monoisotopic (exact) mass is 541 g/mol. The highest BCUT2D eigenvalue weighted by Crippen LogP contribution is 2.20. The van der Waals surface area contributed by atoms with Gasteiger partial charge >= 0.3 is 0 Å². The van der Waals surface area contributed by atoms with Crippen molar-refractivity contribution in [2.24, 2.45) is 10.9 Å². The van der Waals surface area contributed by atoms with Crippen LogP contribution in [0.15, 0.2) is 10.4 Å². The molecule has 1 aromatic heterocycles. The van der Waals surface area contributed by atoms with Crippen LogP contribution in [0.4, 0.5) is 0 Å². The fourth-order valence-electron chi connectivity index (χ4n) is 3.68. The van der Waals surface area contributed by atoms with Crippen molar-refractivity contribution >= 4 is 51.1 Å². The predicted octanol–water partition coefficient (Wildman–Crippen LogP) is 2.02. The summed E-state index contributed by atoms with van der Waals surface area (Å²) < 4.78 is 23.3. The Morgan fingerprint density at radius 2 is 2.11 bits per heavy atom. The van der Waals surface area contributed by atoms with Gasteiger partial charge in [-0.25, -0.2) is 13.4 Å². The van der Waals surface area contributed by atoms with Crippen LogP contribution in [0.5, 0.6) is 0 Å². The summed E-state index contributed by atoms with van der Waals surface area (Å²) in [5.41, 5.74) is 1.18. The van der Waals surface area contributed by atoms with Gasteiger partial charge in [0, 0.05) is 31.1 Å². The smallest absolute Gasteiger partial charge is 0.191 e. The molecule has 0 amide bonds. The second-order valence-electron chi connectivity index (χ2n) is 7.54. The first-order valence-electron chi connectivity index (χ1n) is 9.82. The second-order valence-corrected chi connectivity index (χ2v) is 10.8. The fourth-order valence-corrected chi connectivity index (χ4v) is 5.96. The number of likely N-dealkylation sites (tertiary alicyclic amines) is 1. The lowest BCUT2D eigenvalue weighted by Crippen LogP contribution is -2.44. The number of nitrogens with zero attached hydrogens (tertiary/aromatic N) is 3. The van der Waals surface area contributed by atoms with Gasteiger partial charge in [0.1, 0.15) is 0 Å². The standard InChI is InChI=1S/C18H31N5O2S2.HI/c1-3-19-18(22-16-6-9-27(24,25)13-16)20-10-15-4-7-23(8-5-15)11-17-12-26-14(2)21-17;/h12,15-16H,3-11,13H2,1-2H3,(H2,19,20,22);1H. The summed E-state index contributed by atoms with van der Waals surface area (Å²) >= 11 is 1.72. The van der Waals surface area contributed by atoms with Crippen LogP contribution in [0.3, 0.4) is 0 Å². The zero-order chi connectivity index (χ0) is 19.3. The molecule has 0 bridgehead atoms. The van der Waals surface area contributed by atoms with Gasteiger partial charge in [0.05, 0.1) is 22.2 Å². The van der Waals surface area contributed by atoms with Gasteiger partial charge in [0.2, 0.25) is 0 Å². The van der Waals surface area contributed by atoms with Crippen LogP contribution in [0, 0.1) is 12.8 Å². The van der Waals surface area contributed by atoms with E-state index in [-0.39, 0.29) is 41.5 Å². The molecule has 3 rings (SSSR count). The number of nitrogens with one attached hydrogen (secondary N) is 2. The Morgan fingerprint density at radius 3 is 2.68 bits per heavy atom. The zero-order valence-corrected chi connectivity index (χ0v) is 20.6. The Kier molecular flexibility index (Phi) is 9.42. The van der Waals surface area contributed by atoms with E-state index in [1.807, 2.05) is 6.92 Å². The number of sulfone groups is 1. The van der Waals surface area contributed by atoms with Crippen LogP contribution in [0.25, 0.3) is 0 Å². The van der Waals surface area contributed by atoms with Crippen molar-refractivity contribution in [2.75, 3.05) is 37.7 Å². The van der Waals surface area contributed by atoms with E-state index < -0.39 is 9.84 Å². The molecule has 10 heteroatoms. The van der Waals surface area contributed by atoms with E-state index in [1.54, 1.807) is 11.3 Å². The summed E-state index contributed by atoms with van der Waals surface area (Å²) in [6, 6.07) is -0.0174. The molecule has 1 atom stereocenters. The van der Waals surface area contributed by atoms with Crippen LogP contribution >= 0.6 is 35.3 Å². The summed E-state index contributed by atoms with van der Waals surface area (Å²) in [7, 11) is -2.88. The maximum atomic E-state index is 11.6. The van der Waals surface area contributed by atoms with E-state index in [4.69, 9.17) is 4.99 Å². The molecule has 2 saturated heterocycles. The third-order valence-corrected chi connectivity index (χ3v) is 7.77. The molecule has 2 fully saturated rings. The predicted molar refractivity (Wildman–Crippen MR) is 126 cm³/mol. The average molecular weight is 542 g/mol. The minimum absolute atomic E-state index is 0.